The van der Waals surface area contributed by atoms with E-state index in [-0.39, 0.29) is 30.5 Å². The first-order chi connectivity index (χ1) is 13.9. The number of rotatable bonds is 7. The van der Waals surface area contributed by atoms with Crippen LogP contribution in [0.1, 0.15) is 21.7 Å². The lowest BCUT2D eigenvalue weighted by atomic mass is 10.1. The van der Waals surface area contributed by atoms with Crippen molar-refractivity contribution in [1.29, 1.82) is 0 Å². The molecule has 29 heavy (non-hydrogen) atoms. The van der Waals surface area contributed by atoms with E-state index in [1.54, 1.807) is 36.4 Å². The lowest BCUT2D eigenvalue weighted by Crippen LogP contribution is -2.27. The van der Waals surface area contributed by atoms with E-state index in [2.05, 4.69) is 26.6 Å². The maximum Gasteiger partial charge on any atom is 0.291 e. The standard InChI is InChI=1S/C21H17BrF2N2O3/c22-19-6-5-18(29-19)21(28)26-17-3-1-13(2-4-17)11-20(27)25-8-7-14-9-15(23)12-16(24)10-14/h1-6,9-10,12H,7-8,11H2,(H,25,27)(H,26,28). The molecular weight excluding hydrogens is 446 g/mol. The van der Waals surface area contributed by atoms with Gasteiger partial charge in [-0.2, -0.15) is 0 Å². The third kappa shape index (κ3) is 6.25. The monoisotopic (exact) mass is 462 g/mol. The number of nitrogens with one attached hydrogen (secondary N) is 2. The van der Waals surface area contributed by atoms with Gasteiger partial charge in [0.2, 0.25) is 5.91 Å². The minimum atomic E-state index is -0.641. The molecule has 0 saturated heterocycles. The topological polar surface area (TPSA) is 71.3 Å². The zero-order valence-corrected chi connectivity index (χ0v) is 16.8. The fourth-order valence-electron chi connectivity index (χ4n) is 2.68. The minimum Gasteiger partial charge on any atom is -0.444 e. The van der Waals surface area contributed by atoms with Crippen LogP contribution in [0.15, 0.2) is 63.7 Å². The van der Waals surface area contributed by atoms with Crippen molar-refractivity contribution in [2.75, 3.05) is 11.9 Å². The highest BCUT2D eigenvalue weighted by Crippen LogP contribution is 2.16. The quantitative estimate of drug-likeness (QED) is 0.543. The van der Waals surface area contributed by atoms with Crippen LogP contribution in [0.2, 0.25) is 0 Å². The van der Waals surface area contributed by atoms with E-state index in [1.807, 2.05) is 0 Å². The molecule has 2 N–H and O–H groups in total. The van der Waals surface area contributed by atoms with E-state index < -0.39 is 11.6 Å². The predicted molar refractivity (Wildman–Crippen MR) is 108 cm³/mol. The summed E-state index contributed by atoms with van der Waals surface area (Å²) in [6.07, 6.45) is 0.477. The number of benzene rings is 2. The number of carbonyl (C=O) groups is 2. The molecule has 0 bridgehead atoms. The van der Waals surface area contributed by atoms with Crippen molar-refractivity contribution >= 4 is 33.4 Å². The molecule has 0 aliphatic rings. The van der Waals surface area contributed by atoms with Crippen LogP contribution in [-0.4, -0.2) is 18.4 Å². The Morgan fingerprint density at radius 1 is 0.931 bits per heavy atom. The fraction of sp³-hybridized carbons (Fsp3) is 0.143. The second kappa shape index (κ2) is 9.47. The van der Waals surface area contributed by atoms with Gasteiger partial charge in [0, 0.05) is 18.3 Å². The molecule has 0 unspecified atom stereocenters. The molecule has 3 rings (SSSR count). The van der Waals surface area contributed by atoms with Crippen LogP contribution in [-0.2, 0) is 17.6 Å². The van der Waals surface area contributed by atoms with Crippen LogP contribution >= 0.6 is 15.9 Å². The molecule has 1 aromatic heterocycles. The molecule has 2 aromatic carbocycles. The first kappa shape index (κ1) is 20.7. The molecule has 0 fully saturated rings. The molecule has 0 spiro atoms. The van der Waals surface area contributed by atoms with E-state index in [1.165, 1.54) is 12.1 Å². The van der Waals surface area contributed by atoms with Crippen molar-refractivity contribution < 1.29 is 22.8 Å². The Balaban J connectivity index is 1.46. The van der Waals surface area contributed by atoms with Crippen molar-refractivity contribution in [1.82, 2.24) is 5.32 Å². The van der Waals surface area contributed by atoms with E-state index in [0.717, 1.165) is 11.6 Å². The van der Waals surface area contributed by atoms with E-state index in [4.69, 9.17) is 4.42 Å². The molecule has 5 nitrogen and oxygen atoms in total. The van der Waals surface area contributed by atoms with Crippen LogP contribution in [0.5, 0.6) is 0 Å². The molecule has 0 atom stereocenters. The van der Waals surface area contributed by atoms with Crippen molar-refractivity contribution in [3.63, 3.8) is 0 Å². The van der Waals surface area contributed by atoms with Crippen LogP contribution in [0.3, 0.4) is 0 Å². The highest BCUT2D eigenvalue weighted by molar-refractivity contribution is 9.10. The molecule has 2 amide bonds. The van der Waals surface area contributed by atoms with Gasteiger partial charge in [0.25, 0.3) is 5.91 Å². The first-order valence-corrected chi connectivity index (χ1v) is 9.55. The third-order valence-electron chi connectivity index (χ3n) is 4.03. The van der Waals surface area contributed by atoms with Crippen molar-refractivity contribution in [2.45, 2.75) is 12.8 Å². The van der Waals surface area contributed by atoms with Gasteiger partial charge in [-0.15, -0.1) is 0 Å². The molecule has 0 radical (unpaired) electrons. The number of amides is 2. The van der Waals surface area contributed by atoms with Gasteiger partial charge in [0.15, 0.2) is 10.4 Å². The van der Waals surface area contributed by atoms with Crippen molar-refractivity contribution in [3.8, 4) is 0 Å². The van der Waals surface area contributed by atoms with Gasteiger partial charge in [0.1, 0.15) is 11.6 Å². The molecule has 0 saturated carbocycles. The number of carbonyl (C=O) groups excluding carboxylic acids is 2. The first-order valence-electron chi connectivity index (χ1n) is 8.76. The second-order valence-corrected chi connectivity index (χ2v) is 7.09. The van der Waals surface area contributed by atoms with Gasteiger partial charge in [0.05, 0.1) is 6.42 Å². The number of furan rings is 1. The Kier molecular flexibility index (Phi) is 6.77. The summed E-state index contributed by atoms with van der Waals surface area (Å²) in [7, 11) is 0. The number of halogens is 3. The summed E-state index contributed by atoms with van der Waals surface area (Å²) in [4.78, 5) is 24.1. The Morgan fingerprint density at radius 3 is 2.24 bits per heavy atom. The predicted octanol–water partition coefficient (Wildman–Crippen LogP) is 4.47. The van der Waals surface area contributed by atoms with Crippen LogP contribution in [0, 0.1) is 11.6 Å². The largest absolute Gasteiger partial charge is 0.444 e. The number of anilines is 1. The Morgan fingerprint density at radius 2 is 1.62 bits per heavy atom. The van der Waals surface area contributed by atoms with Crippen LogP contribution < -0.4 is 10.6 Å². The molecule has 3 aromatic rings. The maximum absolute atomic E-state index is 13.1. The van der Waals surface area contributed by atoms with E-state index in [9.17, 15) is 18.4 Å². The van der Waals surface area contributed by atoms with Crippen LogP contribution in [0.4, 0.5) is 14.5 Å². The molecule has 0 aliphatic carbocycles. The fourth-order valence-corrected chi connectivity index (χ4v) is 2.99. The smallest absolute Gasteiger partial charge is 0.291 e. The van der Waals surface area contributed by atoms with Crippen molar-refractivity contribution in [3.05, 3.63) is 87.8 Å². The zero-order chi connectivity index (χ0) is 20.8. The van der Waals surface area contributed by atoms with Gasteiger partial charge in [-0.3, -0.25) is 9.59 Å². The highest BCUT2D eigenvalue weighted by atomic mass is 79.9. The third-order valence-corrected chi connectivity index (χ3v) is 4.46. The summed E-state index contributed by atoms with van der Waals surface area (Å²) < 4.78 is 32.0. The maximum atomic E-state index is 13.1. The average molecular weight is 463 g/mol. The van der Waals surface area contributed by atoms with E-state index in [0.29, 0.717) is 22.3 Å². The molecule has 8 heteroatoms. The molecule has 0 aliphatic heterocycles. The van der Waals surface area contributed by atoms with Gasteiger partial charge < -0.3 is 15.1 Å². The highest BCUT2D eigenvalue weighted by Gasteiger charge is 2.11. The average Bonchev–Trinajstić information content (AvgIpc) is 3.09. The van der Waals surface area contributed by atoms with Gasteiger partial charge in [-0.05, 0) is 69.9 Å². The van der Waals surface area contributed by atoms with Gasteiger partial charge >= 0.3 is 0 Å². The molecule has 150 valence electrons. The Bertz CT molecular complexity index is 999. The summed E-state index contributed by atoms with van der Waals surface area (Å²) >= 11 is 3.14. The SMILES string of the molecule is O=C(Cc1ccc(NC(=O)c2ccc(Br)o2)cc1)NCCc1cc(F)cc(F)c1. The van der Waals surface area contributed by atoms with Crippen molar-refractivity contribution in [2.24, 2.45) is 0 Å². The van der Waals surface area contributed by atoms with Crippen LogP contribution in [0.25, 0.3) is 0 Å². The summed E-state index contributed by atoms with van der Waals surface area (Å²) in [6, 6.07) is 13.3. The summed E-state index contributed by atoms with van der Waals surface area (Å²) in [6.45, 7) is 0.272. The number of hydrogen-bond donors (Lipinski definition) is 2. The lowest BCUT2D eigenvalue weighted by molar-refractivity contribution is -0.120. The lowest BCUT2D eigenvalue weighted by Gasteiger charge is -2.07. The Labute approximate surface area is 174 Å². The zero-order valence-electron chi connectivity index (χ0n) is 15.2. The molecular formula is C21H17BrF2N2O3. The minimum absolute atomic E-state index is 0.150. The van der Waals surface area contributed by atoms with Gasteiger partial charge in [-0.1, -0.05) is 12.1 Å². The summed E-state index contributed by atoms with van der Waals surface area (Å²) in [5, 5.41) is 5.42. The van der Waals surface area contributed by atoms with E-state index >= 15 is 0 Å². The second-order valence-electron chi connectivity index (χ2n) is 6.31. The Hall–Kier alpha value is -3.00. The summed E-state index contributed by atoms with van der Waals surface area (Å²) in [5.41, 5.74) is 1.81. The summed E-state index contributed by atoms with van der Waals surface area (Å²) in [5.74, 6) is -1.69. The van der Waals surface area contributed by atoms with Gasteiger partial charge in [-0.25, -0.2) is 8.78 Å². The molecule has 1 heterocycles. The normalized spacial score (nSPS) is 10.6. The number of hydrogen-bond acceptors (Lipinski definition) is 3.